The lowest BCUT2D eigenvalue weighted by Gasteiger charge is -2.14. The largest absolute Gasteiger partial charge is 0.744 e. The van der Waals surface area contributed by atoms with Gasteiger partial charge in [-0.05, 0) is 84.2 Å². The van der Waals surface area contributed by atoms with Crippen LogP contribution in [0.1, 0.15) is 0 Å². The van der Waals surface area contributed by atoms with Crippen LogP contribution in [0.25, 0.3) is 32.3 Å². The zero-order valence-corrected chi connectivity index (χ0v) is 30.5. The maximum atomic E-state index is 12.2. The van der Waals surface area contributed by atoms with Gasteiger partial charge in [0.2, 0.25) is 0 Å². The Morgan fingerprint density at radius 1 is 0.464 bits per heavy atom. The van der Waals surface area contributed by atoms with Crippen LogP contribution in [0, 0.1) is 0 Å². The Hall–Kier alpha value is -6.55. The first-order valence-electron chi connectivity index (χ1n) is 15.8. The Bertz CT molecular complexity index is 3200. The summed E-state index contributed by atoms with van der Waals surface area (Å²) >= 11 is 0. The topological polar surface area (TPSA) is 292 Å². The van der Waals surface area contributed by atoms with E-state index in [2.05, 4.69) is 30.7 Å². The van der Waals surface area contributed by atoms with Crippen molar-refractivity contribution in [1.82, 2.24) is 0 Å². The molecule has 0 aliphatic carbocycles. The molecule has 7 rings (SSSR count). The molecule has 0 fully saturated rings. The van der Waals surface area contributed by atoms with E-state index in [4.69, 9.17) is 5.73 Å². The highest BCUT2D eigenvalue weighted by Gasteiger charge is 2.19. The number of nitrogens with zero attached hydrogens (tertiary/aromatic N) is 6. The van der Waals surface area contributed by atoms with Gasteiger partial charge < -0.3 is 24.5 Å². The fourth-order valence-corrected chi connectivity index (χ4v) is 7.36. The molecule has 56 heavy (non-hydrogen) atoms. The molecule has 20 heteroatoms. The lowest BCUT2D eigenvalue weighted by atomic mass is 10.1. The van der Waals surface area contributed by atoms with E-state index in [1.54, 1.807) is 30.3 Å². The molecule has 0 radical (unpaired) electrons. The van der Waals surface area contributed by atoms with Crippen LogP contribution in [-0.4, -0.2) is 44.0 Å². The zero-order chi connectivity index (χ0) is 40.0. The first-order chi connectivity index (χ1) is 26.5. The molecular weight excluding hydrogens is 787 g/mol. The minimum Gasteiger partial charge on any atom is -0.744 e. The predicted molar refractivity (Wildman–Crippen MR) is 201 cm³/mol. The number of hydrogen-bond donors (Lipinski definition) is 2. The second-order valence-electron chi connectivity index (χ2n) is 12.0. The number of aromatic hydroxyl groups is 1. The highest BCUT2D eigenvalue weighted by Crippen LogP contribution is 2.44. The summed E-state index contributed by atoms with van der Waals surface area (Å²) in [5.41, 5.74) is 6.23. The van der Waals surface area contributed by atoms with Gasteiger partial charge in [0, 0.05) is 32.6 Å². The van der Waals surface area contributed by atoms with Crippen molar-refractivity contribution in [2.24, 2.45) is 30.7 Å². The van der Waals surface area contributed by atoms with E-state index < -0.39 is 56.5 Å². The predicted octanol–water partition coefficient (Wildman–Crippen LogP) is 8.39. The molecule has 0 bridgehead atoms. The van der Waals surface area contributed by atoms with Gasteiger partial charge >= 0.3 is 0 Å². The number of rotatable bonds is 9. The summed E-state index contributed by atoms with van der Waals surface area (Å²) in [6.45, 7) is 0. The van der Waals surface area contributed by atoms with Crippen molar-refractivity contribution >= 4 is 102 Å². The van der Waals surface area contributed by atoms with Crippen molar-refractivity contribution in [3.63, 3.8) is 0 Å². The van der Waals surface area contributed by atoms with E-state index in [0.717, 1.165) is 30.3 Å². The van der Waals surface area contributed by atoms with E-state index in [1.807, 2.05) is 0 Å². The number of benzene rings is 7. The van der Waals surface area contributed by atoms with E-state index in [-0.39, 0.29) is 55.4 Å². The highest BCUT2D eigenvalue weighted by molar-refractivity contribution is 7.86. The molecule has 0 spiro atoms. The number of nitrogen functional groups attached to an aromatic ring is 1. The van der Waals surface area contributed by atoms with Crippen molar-refractivity contribution in [2.45, 2.75) is 14.7 Å². The first-order valence-corrected chi connectivity index (χ1v) is 20.1. The van der Waals surface area contributed by atoms with Crippen molar-refractivity contribution in [3.8, 4) is 5.75 Å². The number of azo groups is 3. The van der Waals surface area contributed by atoms with E-state index in [0.29, 0.717) is 11.1 Å². The van der Waals surface area contributed by atoms with Gasteiger partial charge in [-0.3, -0.25) is 0 Å². The summed E-state index contributed by atoms with van der Waals surface area (Å²) in [6, 6.07) is 26.4. The zero-order valence-electron chi connectivity index (χ0n) is 28.1. The minimum atomic E-state index is -5.19. The quantitative estimate of drug-likeness (QED) is 0.0792. The van der Waals surface area contributed by atoms with Crippen LogP contribution in [0.3, 0.4) is 0 Å². The molecule has 0 aliphatic rings. The van der Waals surface area contributed by atoms with Crippen LogP contribution >= 0.6 is 0 Å². The molecule has 7 aromatic rings. The summed E-state index contributed by atoms with van der Waals surface area (Å²) in [5.74, 6) is -0.692. The Morgan fingerprint density at radius 2 is 0.946 bits per heavy atom. The van der Waals surface area contributed by atoms with E-state index in [1.165, 1.54) is 54.6 Å². The van der Waals surface area contributed by atoms with Crippen LogP contribution in [0.15, 0.2) is 161 Å². The normalized spacial score (nSPS) is 12.9. The van der Waals surface area contributed by atoms with Crippen LogP contribution in [-0.2, 0) is 30.4 Å². The number of fused-ring (bicyclic) bond motifs is 3. The summed E-state index contributed by atoms with van der Waals surface area (Å²) < 4.78 is 108. The Morgan fingerprint density at radius 3 is 1.45 bits per heavy atom. The molecular formula is C36H22N7O10S3-3. The maximum absolute atomic E-state index is 12.2. The fraction of sp³-hybridized carbons (Fsp3) is 0. The smallest absolute Gasteiger partial charge is 0.152 e. The maximum Gasteiger partial charge on any atom is 0.152 e. The van der Waals surface area contributed by atoms with Crippen molar-refractivity contribution < 1.29 is 44.0 Å². The summed E-state index contributed by atoms with van der Waals surface area (Å²) in [4.78, 5) is -2.03. The van der Waals surface area contributed by atoms with Gasteiger partial charge in [0.05, 0.1) is 43.1 Å². The van der Waals surface area contributed by atoms with Crippen LogP contribution < -0.4 is 5.73 Å². The number of phenolic OH excluding ortho intramolecular Hbond substituents is 1. The first kappa shape index (κ1) is 37.8. The number of anilines is 1. The van der Waals surface area contributed by atoms with Gasteiger partial charge in [-0.1, -0.05) is 36.4 Å². The SMILES string of the molecule is Nc1ccc2cc(S(=O)(=O)[O-])c(N=Nc3ccc(N=Nc4ccc(N=Nc5ccccc5)c5cc(S(=O)(=O)[O-])ccc45)c4cc(S(=O)(=O)[O-])ccc34)c(O)c2c1. The standard InChI is InChI=1S/C36H25N7O10S3/c37-21-7-6-20-16-34(56(51,52)53)35(36(44)27(20)17-21)43-42-31-13-15-33(29-19-24(55(48,49)50)9-11-26(29)31)41-40-30-12-14-32(39-38-22-4-2-1-3-5-22)28-18-23(54(45,46)47)8-10-25(28)30/h1-19,44H,37H2,(H,45,46,47)(H,48,49,50)(H,51,52,53)/p-3. The Labute approximate surface area is 317 Å². The molecule has 282 valence electrons. The molecule has 0 unspecified atom stereocenters. The second-order valence-corrected chi connectivity index (χ2v) is 16.1. The highest BCUT2D eigenvalue weighted by atomic mass is 32.2. The van der Waals surface area contributed by atoms with Gasteiger partial charge in [-0.25, -0.2) is 25.3 Å². The van der Waals surface area contributed by atoms with Gasteiger partial charge in [-0.2, -0.15) is 5.11 Å². The molecule has 0 aromatic heterocycles. The third-order valence-corrected chi connectivity index (χ3v) is 10.9. The third kappa shape index (κ3) is 7.68. The molecule has 0 amide bonds. The van der Waals surface area contributed by atoms with E-state index >= 15 is 0 Å². The lowest BCUT2D eigenvalue weighted by molar-refractivity contribution is 0.458. The van der Waals surface area contributed by atoms with Crippen molar-refractivity contribution in [3.05, 3.63) is 115 Å². The number of phenols is 1. The molecule has 3 N–H and O–H groups in total. The number of hydrogen-bond acceptors (Lipinski definition) is 17. The Kier molecular flexibility index (Phi) is 9.62. The molecule has 0 heterocycles. The van der Waals surface area contributed by atoms with Crippen molar-refractivity contribution in [2.75, 3.05) is 5.73 Å². The van der Waals surface area contributed by atoms with Gasteiger partial charge in [0.25, 0.3) is 0 Å². The average Bonchev–Trinajstić information content (AvgIpc) is 3.15. The minimum absolute atomic E-state index is 0.0102. The molecule has 17 nitrogen and oxygen atoms in total. The van der Waals surface area contributed by atoms with Crippen LogP contribution in [0.4, 0.5) is 39.8 Å². The van der Waals surface area contributed by atoms with Gasteiger partial charge in [-0.15, -0.1) is 25.6 Å². The van der Waals surface area contributed by atoms with E-state index in [9.17, 15) is 44.0 Å². The van der Waals surface area contributed by atoms with Gasteiger partial charge in [0.1, 0.15) is 36.0 Å². The molecule has 0 saturated carbocycles. The summed E-state index contributed by atoms with van der Waals surface area (Å²) in [6.07, 6.45) is 0. The second kappa shape index (κ2) is 14.3. The lowest BCUT2D eigenvalue weighted by Crippen LogP contribution is -1.99. The molecule has 0 atom stereocenters. The third-order valence-electron chi connectivity index (χ3n) is 8.36. The van der Waals surface area contributed by atoms with Crippen molar-refractivity contribution in [1.29, 1.82) is 0 Å². The number of nitrogens with two attached hydrogens (primary N) is 1. The average molecular weight is 809 g/mol. The van der Waals surface area contributed by atoms with Gasteiger partial charge in [0.15, 0.2) is 5.75 Å². The summed E-state index contributed by atoms with van der Waals surface area (Å²) in [5, 5.41) is 36.9. The molecule has 0 saturated heterocycles. The van der Waals surface area contributed by atoms with Crippen LogP contribution in [0.2, 0.25) is 0 Å². The summed E-state index contributed by atoms with van der Waals surface area (Å²) in [7, 11) is -15.0. The fourth-order valence-electron chi connectivity index (χ4n) is 5.72. The molecule has 0 aliphatic heterocycles. The van der Waals surface area contributed by atoms with Crippen LogP contribution in [0.5, 0.6) is 5.75 Å². The monoisotopic (exact) mass is 808 g/mol. The Balaban J connectivity index is 1.36. The molecule has 7 aromatic carbocycles.